The highest BCUT2D eigenvalue weighted by Crippen LogP contribution is 2.38. The lowest BCUT2D eigenvalue weighted by atomic mass is 10.0. The standard InChI is InChI=1S/C19H33NO3Si/c1-19(2,3)24(5,6)23-18-11-16(21)13-20(14-18)12-15-7-9-17(22-4)10-8-15/h7-10,16,18,21H,11-14H2,1-6H3/t16-,18-/m1/s1. The number of rotatable bonds is 5. The van der Waals surface area contributed by atoms with Gasteiger partial charge in [0.05, 0.1) is 19.3 Å². The average Bonchev–Trinajstić information content (AvgIpc) is 2.45. The first kappa shape index (κ1) is 19.4. The number of ether oxygens (including phenoxy) is 1. The molecule has 4 nitrogen and oxygen atoms in total. The van der Waals surface area contributed by atoms with Crippen LogP contribution >= 0.6 is 0 Å². The van der Waals surface area contributed by atoms with Crippen LogP contribution in [0, 0.1) is 0 Å². The van der Waals surface area contributed by atoms with Crippen LogP contribution in [0.3, 0.4) is 0 Å². The highest BCUT2D eigenvalue weighted by Gasteiger charge is 2.40. The Hall–Kier alpha value is -0.883. The second-order valence-corrected chi connectivity index (χ2v) is 13.2. The molecule has 1 N–H and O–H groups in total. The minimum absolute atomic E-state index is 0.118. The Bertz CT molecular complexity index is 524. The van der Waals surface area contributed by atoms with Crippen molar-refractivity contribution >= 4 is 8.32 Å². The molecular formula is C19H33NO3Si. The van der Waals surface area contributed by atoms with Gasteiger partial charge in [0, 0.05) is 26.1 Å². The van der Waals surface area contributed by atoms with Gasteiger partial charge in [-0.1, -0.05) is 32.9 Å². The number of hydrogen-bond acceptors (Lipinski definition) is 4. The summed E-state index contributed by atoms with van der Waals surface area (Å²) < 4.78 is 11.7. The summed E-state index contributed by atoms with van der Waals surface area (Å²) in [5.74, 6) is 0.872. The van der Waals surface area contributed by atoms with Gasteiger partial charge >= 0.3 is 0 Å². The van der Waals surface area contributed by atoms with E-state index in [2.05, 4.69) is 50.9 Å². The Morgan fingerprint density at radius 3 is 2.33 bits per heavy atom. The van der Waals surface area contributed by atoms with Gasteiger partial charge in [0.15, 0.2) is 8.32 Å². The fraction of sp³-hybridized carbons (Fsp3) is 0.684. The molecule has 0 spiro atoms. The van der Waals surface area contributed by atoms with Gasteiger partial charge in [-0.25, -0.2) is 0 Å². The van der Waals surface area contributed by atoms with Crippen LogP contribution in [0.5, 0.6) is 5.75 Å². The summed E-state index contributed by atoms with van der Waals surface area (Å²) in [5.41, 5.74) is 1.23. The fourth-order valence-electron chi connectivity index (χ4n) is 2.91. The molecule has 0 bridgehead atoms. The van der Waals surface area contributed by atoms with E-state index in [1.165, 1.54) is 5.56 Å². The minimum Gasteiger partial charge on any atom is -0.497 e. The van der Waals surface area contributed by atoms with Crippen molar-refractivity contribution in [3.8, 4) is 5.75 Å². The second kappa shape index (κ2) is 7.56. The van der Waals surface area contributed by atoms with Crippen molar-refractivity contribution in [1.29, 1.82) is 0 Å². The molecule has 0 aliphatic carbocycles. The van der Waals surface area contributed by atoms with Crippen LogP contribution in [0.2, 0.25) is 18.1 Å². The lowest BCUT2D eigenvalue weighted by molar-refractivity contribution is -0.00568. The third kappa shape index (κ3) is 5.05. The zero-order chi connectivity index (χ0) is 18.0. The molecule has 2 atom stereocenters. The molecule has 1 aliphatic rings. The number of piperidine rings is 1. The molecule has 0 unspecified atom stereocenters. The third-order valence-electron chi connectivity index (χ3n) is 5.30. The first-order valence-electron chi connectivity index (χ1n) is 8.82. The molecule has 1 aliphatic heterocycles. The molecule has 0 saturated carbocycles. The predicted octanol–water partition coefficient (Wildman–Crippen LogP) is 3.65. The molecule has 1 aromatic rings. The van der Waals surface area contributed by atoms with E-state index in [0.717, 1.165) is 25.3 Å². The quantitative estimate of drug-likeness (QED) is 0.822. The third-order valence-corrected chi connectivity index (χ3v) is 9.83. The van der Waals surface area contributed by atoms with Gasteiger partial charge in [0.2, 0.25) is 0 Å². The summed E-state index contributed by atoms with van der Waals surface area (Å²) in [5, 5.41) is 10.5. The number of methoxy groups -OCH3 is 1. The maximum Gasteiger partial charge on any atom is 0.192 e. The largest absolute Gasteiger partial charge is 0.497 e. The smallest absolute Gasteiger partial charge is 0.192 e. The highest BCUT2D eigenvalue weighted by atomic mass is 28.4. The molecule has 136 valence electrons. The van der Waals surface area contributed by atoms with Gasteiger partial charge in [-0.05, 0) is 35.8 Å². The molecule has 0 amide bonds. The highest BCUT2D eigenvalue weighted by molar-refractivity contribution is 6.74. The lowest BCUT2D eigenvalue weighted by Crippen LogP contribution is -2.52. The molecule has 2 rings (SSSR count). The SMILES string of the molecule is COc1ccc(CN2C[C@H](O)C[C@@H](O[Si](C)(C)C(C)(C)C)C2)cc1. The van der Waals surface area contributed by atoms with Crippen LogP contribution < -0.4 is 4.74 Å². The number of aliphatic hydroxyl groups excluding tert-OH is 1. The maximum absolute atomic E-state index is 10.3. The normalized spacial score (nSPS) is 23.3. The van der Waals surface area contributed by atoms with Crippen molar-refractivity contribution in [2.75, 3.05) is 20.2 Å². The first-order valence-corrected chi connectivity index (χ1v) is 11.7. The molecule has 0 aromatic heterocycles. The van der Waals surface area contributed by atoms with Crippen LogP contribution in [0.15, 0.2) is 24.3 Å². The van der Waals surface area contributed by atoms with E-state index in [0.29, 0.717) is 6.54 Å². The average molecular weight is 352 g/mol. The van der Waals surface area contributed by atoms with Gasteiger partial charge in [0.25, 0.3) is 0 Å². The molecule has 5 heteroatoms. The Morgan fingerprint density at radius 2 is 1.79 bits per heavy atom. The minimum atomic E-state index is -1.81. The Balaban J connectivity index is 1.99. The molecule has 1 aromatic carbocycles. The lowest BCUT2D eigenvalue weighted by Gasteiger charge is -2.43. The Labute approximate surface area is 147 Å². The first-order chi connectivity index (χ1) is 11.1. The van der Waals surface area contributed by atoms with E-state index in [1.807, 2.05) is 12.1 Å². The van der Waals surface area contributed by atoms with E-state index in [-0.39, 0.29) is 17.2 Å². The molecule has 24 heavy (non-hydrogen) atoms. The zero-order valence-corrected chi connectivity index (χ0v) is 17.0. The summed E-state index contributed by atoms with van der Waals surface area (Å²) in [6.45, 7) is 13.8. The number of aliphatic hydroxyl groups is 1. The Kier molecular flexibility index (Phi) is 6.12. The van der Waals surface area contributed by atoms with E-state index in [1.54, 1.807) is 7.11 Å². The summed E-state index contributed by atoms with van der Waals surface area (Å²) in [7, 11) is -0.131. The van der Waals surface area contributed by atoms with Gasteiger partial charge in [0.1, 0.15) is 5.75 Å². The molecule has 1 fully saturated rings. The van der Waals surface area contributed by atoms with Crippen molar-refractivity contribution in [2.45, 2.75) is 64.1 Å². The van der Waals surface area contributed by atoms with Crippen LogP contribution in [0.25, 0.3) is 0 Å². The summed E-state index contributed by atoms with van der Waals surface area (Å²) in [6.07, 6.45) is 0.547. The van der Waals surface area contributed by atoms with Crippen molar-refractivity contribution in [3.63, 3.8) is 0 Å². The van der Waals surface area contributed by atoms with Crippen molar-refractivity contribution in [1.82, 2.24) is 4.90 Å². The number of hydrogen-bond donors (Lipinski definition) is 1. The van der Waals surface area contributed by atoms with E-state index in [4.69, 9.17) is 9.16 Å². The topological polar surface area (TPSA) is 41.9 Å². The molecule has 1 saturated heterocycles. The molecule has 1 heterocycles. The number of likely N-dealkylation sites (tertiary alicyclic amines) is 1. The fourth-order valence-corrected chi connectivity index (χ4v) is 4.27. The van der Waals surface area contributed by atoms with Gasteiger partial charge in [-0.3, -0.25) is 4.90 Å². The van der Waals surface area contributed by atoms with Crippen LogP contribution in [0.1, 0.15) is 32.8 Å². The summed E-state index contributed by atoms with van der Waals surface area (Å²) >= 11 is 0. The van der Waals surface area contributed by atoms with Crippen molar-refractivity contribution in [2.24, 2.45) is 0 Å². The van der Waals surface area contributed by atoms with E-state index < -0.39 is 8.32 Å². The van der Waals surface area contributed by atoms with E-state index >= 15 is 0 Å². The number of β-amino-alcohol motifs (C(OH)–C–C–N with tert-alkyl or cyclic N) is 1. The Morgan fingerprint density at radius 1 is 1.17 bits per heavy atom. The van der Waals surface area contributed by atoms with Crippen molar-refractivity contribution < 1.29 is 14.3 Å². The van der Waals surface area contributed by atoms with E-state index in [9.17, 15) is 5.11 Å². The van der Waals surface area contributed by atoms with Gasteiger partial charge in [-0.2, -0.15) is 0 Å². The number of nitrogens with zero attached hydrogens (tertiary/aromatic N) is 1. The second-order valence-electron chi connectivity index (χ2n) is 8.43. The molecular weight excluding hydrogens is 318 g/mol. The van der Waals surface area contributed by atoms with Gasteiger partial charge in [-0.15, -0.1) is 0 Å². The summed E-state index contributed by atoms with van der Waals surface area (Å²) in [4.78, 5) is 2.30. The zero-order valence-electron chi connectivity index (χ0n) is 16.0. The van der Waals surface area contributed by atoms with Crippen LogP contribution in [0.4, 0.5) is 0 Å². The van der Waals surface area contributed by atoms with Gasteiger partial charge < -0.3 is 14.3 Å². The van der Waals surface area contributed by atoms with Crippen LogP contribution in [-0.4, -0.2) is 50.7 Å². The van der Waals surface area contributed by atoms with Crippen molar-refractivity contribution in [3.05, 3.63) is 29.8 Å². The predicted molar refractivity (Wildman–Crippen MR) is 101 cm³/mol. The molecule has 0 radical (unpaired) electrons. The maximum atomic E-state index is 10.3. The van der Waals surface area contributed by atoms with Crippen LogP contribution in [-0.2, 0) is 11.0 Å². The number of benzene rings is 1. The summed E-state index contributed by atoms with van der Waals surface area (Å²) in [6, 6.07) is 8.14. The monoisotopic (exact) mass is 351 g/mol.